The summed E-state index contributed by atoms with van der Waals surface area (Å²) in [5.74, 6) is 1.01. The van der Waals surface area contributed by atoms with Gasteiger partial charge in [0.25, 0.3) is 0 Å². The van der Waals surface area contributed by atoms with E-state index < -0.39 is 0 Å². The third kappa shape index (κ3) is 2.82. The van der Waals surface area contributed by atoms with Crippen molar-refractivity contribution < 1.29 is 0 Å². The molecule has 0 radical (unpaired) electrons. The van der Waals surface area contributed by atoms with Gasteiger partial charge in [0.15, 0.2) is 0 Å². The number of benzene rings is 1. The van der Waals surface area contributed by atoms with E-state index in [0.29, 0.717) is 6.04 Å². The summed E-state index contributed by atoms with van der Waals surface area (Å²) in [6, 6.07) is 6.98. The van der Waals surface area contributed by atoms with E-state index in [2.05, 4.69) is 41.5 Å². The third-order valence-electron chi connectivity index (χ3n) is 4.52. The van der Waals surface area contributed by atoms with E-state index in [1.807, 2.05) is 6.92 Å². The van der Waals surface area contributed by atoms with Gasteiger partial charge in [-0.25, -0.2) is 4.98 Å². The van der Waals surface area contributed by atoms with Gasteiger partial charge in [0.2, 0.25) is 0 Å². The molecule has 3 nitrogen and oxygen atoms in total. The first-order valence-electron chi connectivity index (χ1n) is 7.95. The van der Waals surface area contributed by atoms with Crippen LogP contribution in [0.4, 0.5) is 0 Å². The lowest BCUT2D eigenvalue weighted by Gasteiger charge is -2.34. The number of aryl methyl sites for hydroxylation is 1. The van der Waals surface area contributed by atoms with Crippen molar-refractivity contribution >= 4 is 22.6 Å². The molecule has 0 spiro atoms. The van der Waals surface area contributed by atoms with Crippen molar-refractivity contribution in [3.8, 4) is 0 Å². The van der Waals surface area contributed by atoms with Crippen LogP contribution in [0.3, 0.4) is 0 Å². The zero-order chi connectivity index (χ0) is 15.0. The van der Waals surface area contributed by atoms with Crippen LogP contribution in [-0.2, 0) is 0 Å². The molecule has 4 heteroatoms. The quantitative estimate of drug-likeness (QED) is 0.788. The Morgan fingerprint density at radius 3 is 2.95 bits per heavy atom. The van der Waals surface area contributed by atoms with Crippen LogP contribution in [0.25, 0.3) is 11.0 Å². The maximum atomic E-state index is 6.41. The molecule has 2 aromatic rings. The van der Waals surface area contributed by atoms with Gasteiger partial charge in [-0.3, -0.25) is 0 Å². The highest BCUT2D eigenvalue weighted by Gasteiger charge is 2.25. The van der Waals surface area contributed by atoms with E-state index in [0.717, 1.165) is 24.4 Å². The number of hydrogen-bond acceptors (Lipinski definition) is 2. The molecule has 0 N–H and O–H groups in total. The number of piperidine rings is 1. The number of alkyl halides is 1. The fourth-order valence-electron chi connectivity index (χ4n) is 3.42. The molecule has 0 amide bonds. The van der Waals surface area contributed by atoms with Gasteiger partial charge in [-0.1, -0.05) is 13.0 Å². The van der Waals surface area contributed by atoms with Crippen LogP contribution in [0.1, 0.15) is 49.5 Å². The van der Waals surface area contributed by atoms with E-state index in [1.165, 1.54) is 30.5 Å². The monoisotopic (exact) mass is 305 g/mol. The summed E-state index contributed by atoms with van der Waals surface area (Å²) in [7, 11) is 0. The first-order chi connectivity index (χ1) is 10.1. The van der Waals surface area contributed by atoms with Gasteiger partial charge in [-0.15, -0.1) is 11.6 Å². The van der Waals surface area contributed by atoms with Crippen molar-refractivity contribution in [1.82, 2.24) is 14.5 Å². The zero-order valence-corrected chi connectivity index (χ0v) is 13.9. The number of likely N-dealkylation sites (N-methyl/N-ethyl adjacent to an activating group) is 1. The standard InChI is InChI=1S/C17H24ClN3/c1-4-20-9-5-6-14(11-20)21-16-10-12(2)7-8-15(16)19-17(21)13(3)18/h7-8,10,13-14H,4-6,9,11H2,1-3H3. The van der Waals surface area contributed by atoms with Gasteiger partial charge in [-0.05, 0) is 57.5 Å². The van der Waals surface area contributed by atoms with Crippen LogP contribution in [0.5, 0.6) is 0 Å². The Bertz CT molecular complexity index is 632. The second kappa shape index (κ2) is 5.98. The predicted molar refractivity (Wildman–Crippen MR) is 89.1 cm³/mol. The highest BCUT2D eigenvalue weighted by atomic mass is 35.5. The summed E-state index contributed by atoms with van der Waals surface area (Å²) in [6.07, 6.45) is 2.46. The number of aromatic nitrogens is 2. The molecule has 3 rings (SSSR count). The molecule has 114 valence electrons. The van der Waals surface area contributed by atoms with E-state index in [-0.39, 0.29) is 5.38 Å². The van der Waals surface area contributed by atoms with Crippen molar-refractivity contribution in [3.63, 3.8) is 0 Å². The zero-order valence-electron chi connectivity index (χ0n) is 13.1. The van der Waals surface area contributed by atoms with Crippen LogP contribution in [-0.4, -0.2) is 34.1 Å². The van der Waals surface area contributed by atoms with Crippen molar-refractivity contribution in [2.45, 2.75) is 45.0 Å². The number of fused-ring (bicyclic) bond motifs is 1. The van der Waals surface area contributed by atoms with Gasteiger partial charge >= 0.3 is 0 Å². The minimum absolute atomic E-state index is 0.0605. The van der Waals surface area contributed by atoms with Crippen molar-refractivity contribution in [3.05, 3.63) is 29.6 Å². The molecule has 1 aromatic heterocycles. The molecule has 1 aromatic carbocycles. The fraction of sp³-hybridized carbons (Fsp3) is 0.588. The largest absolute Gasteiger partial charge is 0.322 e. The van der Waals surface area contributed by atoms with Gasteiger partial charge in [-0.2, -0.15) is 0 Å². The predicted octanol–water partition coefficient (Wildman–Crippen LogP) is 4.30. The van der Waals surface area contributed by atoms with E-state index in [1.54, 1.807) is 0 Å². The summed E-state index contributed by atoms with van der Waals surface area (Å²) in [5, 5.41) is -0.0605. The molecule has 0 saturated carbocycles. The van der Waals surface area contributed by atoms with Crippen LogP contribution in [0.2, 0.25) is 0 Å². The Kier molecular flexibility index (Phi) is 4.23. The Morgan fingerprint density at radius 2 is 2.24 bits per heavy atom. The number of halogens is 1. The lowest BCUT2D eigenvalue weighted by atomic mass is 10.0. The average molecular weight is 306 g/mol. The SMILES string of the molecule is CCN1CCCC(n2c(C(C)Cl)nc3ccc(C)cc32)C1. The van der Waals surface area contributed by atoms with Crippen LogP contribution in [0, 0.1) is 6.92 Å². The topological polar surface area (TPSA) is 21.1 Å². The van der Waals surface area contributed by atoms with Gasteiger partial charge in [0.1, 0.15) is 5.82 Å². The molecule has 2 heterocycles. The maximum absolute atomic E-state index is 6.41. The van der Waals surface area contributed by atoms with Crippen molar-refractivity contribution in [2.24, 2.45) is 0 Å². The highest BCUT2D eigenvalue weighted by molar-refractivity contribution is 6.20. The van der Waals surface area contributed by atoms with Gasteiger partial charge < -0.3 is 9.47 Å². The van der Waals surface area contributed by atoms with E-state index >= 15 is 0 Å². The first kappa shape index (κ1) is 14.9. The molecule has 2 atom stereocenters. The molecule has 2 unspecified atom stereocenters. The average Bonchev–Trinajstić information content (AvgIpc) is 2.86. The molecule has 1 saturated heterocycles. The minimum Gasteiger partial charge on any atom is -0.322 e. The normalized spacial score (nSPS) is 21.8. The van der Waals surface area contributed by atoms with Gasteiger partial charge in [0, 0.05) is 12.6 Å². The first-order valence-corrected chi connectivity index (χ1v) is 8.38. The molecule has 1 aliphatic heterocycles. The molecular formula is C17H24ClN3. The number of likely N-dealkylation sites (tertiary alicyclic amines) is 1. The van der Waals surface area contributed by atoms with Crippen molar-refractivity contribution in [1.29, 1.82) is 0 Å². The summed E-state index contributed by atoms with van der Waals surface area (Å²) >= 11 is 6.41. The molecule has 0 bridgehead atoms. The van der Waals surface area contributed by atoms with Gasteiger partial charge in [0.05, 0.1) is 16.4 Å². The van der Waals surface area contributed by atoms with Crippen LogP contribution >= 0.6 is 11.6 Å². The molecule has 21 heavy (non-hydrogen) atoms. The number of hydrogen-bond donors (Lipinski definition) is 0. The third-order valence-corrected chi connectivity index (χ3v) is 4.72. The molecule has 0 aliphatic carbocycles. The molecular weight excluding hydrogens is 282 g/mol. The maximum Gasteiger partial charge on any atom is 0.128 e. The fourth-order valence-corrected chi connectivity index (χ4v) is 3.57. The van der Waals surface area contributed by atoms with Crippen LogP contribution in [0.15, 0.2) is 18.2 Å². The summed E-state index contributed by atoms with van der Waals surface area (Å²) in [6.45, 7) is 9.83. The Hall–Kier alpha value is -1.06. The second-order valence-electron chi connectivity index (χ2n) is 6.14. The highest BCUT2D eigenvalue weighted by Crippen LogP contribution is 2.32. The Balaban J connectivity index is 2.10. The Labute approximate surface area is 131 Å². The number of nitrogens with zero attached hydrogens (tertiary/aromatic N) is 3. The van der Waals surface area contributed by atoms with Crippen LogP contribution < -0.4 is 0 Å². The van der Waals surface area contributed by atoms with E-state index in [4.69, 9.17) is 16.6 Å². The lowest BCUT2D eigenvalue weighted by Crippen LogP contribution is -2.36. The van der Waals surface area contributed by atoms with E-state index in [9.17, 15) is 0 Å². The number of imidazole rings is 1. The molecule has 1 fully saturated rings. The summed E-state index contributed by atoms with van der Waals surface area (Å²) in [4.78, 5) is 7.32. The second-order valence-corrected chi connectivity index (χ2v) is 6.79. The Morgan fingerprint density at radius 1 is 1.43 bits per heavy atom. The minimum atomic E-state index is -0.0605. The summed E-state index contributed by atoms with van der Waals surface area (Å²) < 4.78 is 2.40. The number of rotatable bonds is 3. The smallest absolute Gasteiger partial charge is 0.128 e. The summed E-state index contributed by atoms with van der Waals surface area (Å²) in [5.41, 5.74) is 3.58. The van der Waals surface area contributed by atoms with Crippen molar-refractivity contribution in [2.75, 3.05) is 19.6 Å². The molecule has 1 aliphatic rings. The lowest BCUT2D eigenvalue weighted by molar-refractivity contribution is 0.185.